The molecule has 0 aliphatic heterocycles. The summed E-state index contributed by atoms with van der Waals surface area (Å²) in [5.41, 5.74) is 0.693. The van der Waals surface area contributed by atoms with Crippen LogP contribution in [0.1, 0.15) is 39.0 Å². The van der Waals surface area contributed by atoms with E-state index < -0.39 is 0 Å². The fourth-order valence-corrected chi connectivity index (χ4v) is 2.56. The molecule has 2 aromatic carbocycles. The van der Waals surface area contributed by atoms with Crippen molar-refractivity contribution in [3.8, 4) is 11.5 Å². The van der Waals surface area contributed by atoms with Gasteiger partial charge in [-0.25, -0.2) is 0 Å². The molecular weight excluding hydrogens is 350 g/mol. The Labute approximate surface area is 160 Å². The molecular formula is C21H26ClNO3. The van der Waals surface area contributed by atoms with Gasteiger partial charge in [0.1, 0.15) is 11.5 Å². The van der Waals surface area contributed by atoms with Gasteiger partial charge in [0, 0.05) is 16.8 Å². The molecule has 0 saturated heterocycles. The van der Waals surface area contributed by atoms with Crippen LogP contribution < -0.4 is 14.8 Å². The van der Waals surface area contributed by atoms with Gasteiger partial charge in [-0.3, -0.25) is 4.79 Å². The molecule has 0 bridgehead atoms. The van der Waals surface area contributed by atoms with E-state index in [0.29, 0.717) is 23.1 Å². The molecule has 0 aromatic heterocycles. The van der Waals surface area contributed by atoms with Crippen LogP contribution in [0.2, 0.25) is 5.02 Å². The second-order valence-electron chi connectivity index (χ2n) is 6.08. The summed E-state index contributed by atoms with van der Waals surface area (Å²) in [5, 5.41) is 3.44. The number of hydrogen-bond donors (Lipinski definition) is 1. The van der Waals surface area contributed by atoms with Gasteiger partial charge in [-0.1, -0.05) is 50.3 Å². The molecule has 1 N–H and O–H groups in total. The SMILES string of the molecule is CCCCCCCOc1cccc(NC(=O)COc2ccc(Cl)cc2)c1. The first-order valence-electron chi connectivity index (χ1n) is 9.08. The summed E-state index contributed by atoms with van der Waals surface area (Å²) in [5.74, 6) is 1.14. The largest absolute Gasteiger partial charge is 0.494 e. The Morgan fingerprint density at radius 3 is 2.50 bits per heavy atom. The van der Waals surface area contributed by atoms with Crippen LogP contribution in [0, 0.1) is 0 Å². The molecule has 2 aromatic rings. The summed E-state index contributed by atoms with van der Waals surface area (Å²) in [6, 6.07) is 14.3. The van der Waals surface area contributed by atoms with Crippen LogP contribution in [0.25, 0.3) is 0 Å². The lowest BCUT2D eigenvalue weighted by atomic mass is 10.2. The molecule has 0 unspecified atom stereocenters. The monoisotopic (exact) mass is 375 g/mol. The van der Waals surface area contributed by atoms with E-state index in [-0.39, 0.29) is 12.5 Å². The summed E-state index contributed by atoms with van der Waals surface area (Å²) < 4.78 is 11.2. The minimum absolute atomic E-state index is 0.0653. The van der Waals surface area contributed by atoms with Gasteiger partial charge in [-0.15, -0.1) is 0 Å². The molecule has 1 amide bonds. The maximum absolute atomic E-state index is 12.0. The zero-order valence-corrected chi connectivity index (χ0v) is 15.9. The standard InChI is InChI=1S/C21H26ClNO3/c1-2-3-4-5-6-14-25-20-9-7-8-18(15-20)23-21(24)16-26-19-12-10-17(22)11-13-19/h7-13,15H,2-6,14,16H2,1H3,(H,23,24). The van der Waals surface area contributed by atoms with Crippen LogP contribution in [0.4, 0.5) is 5.69 Å². The van der Waals surface area contributed by atoms with Gasteiger partial charge >= 0.3 is 0 Å². The minimum atomic E-state index is -0.225. The van der Waals surface area contributed by atoms with Crippen molar-refractivity contribution in [2.45, 2.75) is 39.0 Å². The molecule has 5 heteroatoms. The highest BCUT2D eigenvalue weighted by Gasteiger charge is 2.05. The number of amides is 1. The van der Waals surface area contributed by atoms with Crippen LogP contribution in [-0.4, -0.2) is 19.1 Å². The zero-order valence-electron chi connectivity index (χ0n) is 15.2. The average molecular weight is 376 g/mol. The Morgan fingerprint density at radius 1 is 0.962 bits per heavy atom. The lowest BCUT2D eigenvalue weighted by molar-refractivity contribution is -0.118. The van der Waals surface area contributed by atoms with Crippen LogP contribution in [0.15, 0.2) is 48.5 Å². The average Bonchev–Trinajstić information content (AvgIpc) is 2.64. The zero-order chi connectivity index (χ0) is 18.6. The van der Waals surface area contributed by atoms with E-state index >= 15 is 0 Å². The van der Waals surface area contributed by atoms with Crippen molar-refractivity contribution >= 4 is 23.2 Å². The van der Waals surface area contributed by atoms with Gasteiger partial charge in [0.05, 0.1) is 6.61 Å². The van der Waals surface area contributed by atoms with Gasteiger partial charge in [0.25, 0.3) is 5.91 Å². The normalized spacial score (nSPS) is 10.4. The first kappa shape index (κ1) is 20.1. The van der Waals surface area contributed by atoms with Gasteiger partial charge in [-0.05, 0) is 42.8 Å². The number of rotatable bonds is 11. The minimum Gasteiger partial charge on any atom is -0.494 e. The Kier molecular flexibility index (Phi) is 8.84. The smallest absolute Gasteiger partial charge is 0.262 e. The van der Waals surface area contributed by atoms with Gasteiger partial charge in [0.2, 0.25) is 0 Å². The molecule has 0 heterocycles. The number of unbranched alkanes of at least 4 members (excludes halogenated alkanes) is 4. The van der Waals surface area contributed by atoms with Crippen molar-refractivity contribution in [3.63, 3.8) is 0 Å². The number of benzene rings is 2. The van der Waals surface area contributed by atoms with Crippen LogP contribution in [0.3, 0.4) is 0 Å². The third-order valence-electron chi connectivity index (χ3n) is 3.82. The van der Waals surface area contributed by atoms with Crippen molar-refractivity contribution in [1.29, 1.82) is 0 Å². The van der Waals surface area contributed by atoms with Crippen molar-refractivity contribution < 1.29 is 14.3 Å². The number of ether oxygens (including phenoxy) is 2. The predicted octanol–water partition coefficient (Wildman–Crippen LogP) is 5.71. The second-order valence-corrected chi connectivity index (χ2v) is 6.52. The molecule has 0 fully saturated rings. The molecule has 140 valence electrons. The maximum Gasteiger partial charge on any atom is 0.262 e. The van der Waals surface area contributed by atoms with Crippen molar-refractivity contribution in [1.82, 2.24) is 0 Å². The van der Waals surface area contributed by atoms with Crippen molar-refractivity contribution in [2.24, 2.45) is 0 Å². The van der Waals surface area contributed by atoms with E-state index in [1.807, 2.05) is 24.3 Å². The van der Waals surface area contributed by atoms with E-state index in [0.717, 1.165) is 12.2 Å². The Morgan fingerprint density at radius 2 is 1.73 bits per heavy atom. The van der Waals surface area contributed by atoms with Crippen molar-refractivity contribution in [2.75, 3.05) is 18.5 Å². The van der Waals surface area contributed by atoms with Gasteiger partial charge < -0.3 is 14.8 Å². The molecule has 0 saturated carbocycles. The number of carbonyl (C=O) groups is 1. The second kappa shape index (κ2) is 11.4. The summed E-state index contributed by atoms with van der Waals surface area (Å²) >= 11 is 5.82. The number of carbonyl (C=O) groups excluding carboxylic acids is 1. The number of anilines is 1. The summed E-state index contributed by atoms with van der Waals surface area (Å²) in [6.45, 7) is 2.84. The third-order valence-corrected chi connectivity index (χ3v) is 4.07. The van der Waals surface area contributed by atoms with E-state index in [1.54, 1.807) is 24.3 Å². The highest BCUT2D eigenvalue weighted by atomic mass is 35.5. The van der Waals surface area contributed by atoms with Crippen molar-refractivity contribution in [3.05, 3.63) is 53.6 Å². The number of hydrogen-bond acceptors (Lipinski definition) is 3. The Balaban J connectivity index is 1.72. The number of halogens is 1. The molecule has 0 radical (unpaired) electrons. The first-order valence-corrected chi connectivity index (χ1v) is 9.46. The van der Waals surface area contributed by atoms with E-state index in [9.17, 15) is 4.79 Å². The van der Waals surface area contributed by atoms with Gasteiger partial charge in [0.15, 0.2) is 6.61 Å². The van der Waals surface area contributed by atoms with Crippen LogP contribution >= 0.6 is 11.6 Å². The molecule has 4 nitrogen and oxygen atoms in total. The van der Waals surface area contributed by atoms with E-state index in [4.69, 9.17) is 21.1 Å². The van der Waals surface area contributed by atoms with Crippen LogP contribution in [0.5, 0.6) is 11.5 Å². The third kappa shape index (κ3) is 7.79. The van der Waals surface area contributed by atoms with Gasteiger partial charge in [-0.2, -0.15) is 0 Å². The molecule has 2 rings (SSSR count). The topological polar surface area (TPSA) is 47.6 Å². The molecule has 0 aliphatic carbocycles. The Hall–Kier alpha value is -2.20. The summed E-state index contributed by atoms with van der Waals surface area (Å²) in [6.07, 6.45) is 6.01. The summed E-state index contributed by atoms with van der Waals surface area (Å²) in [7, 11) is 0. The Bertz CT molecular complexity index is 673. The highest BCUT2D eigenvalue weighted by Crippen LogP contribution is 2.19. The lowest BCUT2D eigenvalue weighted by Crippen LogP contribution is -2.20. The maximum atomic E-state index is 12.0. The quantitative estimate of drug-likeness (QED) is 0.512. The fourth-order valence-electron chi connectivity index (χ4n) is 2.44. The fraction of sp³-hybridized carbons (Fsp3) is 0.381. The first-order chi connectivity index (χ1) is 12.7. The molecule has 0 aliphatic rings. The molecule has 26 heavy (non-hydrogen) atoms. The molecule has 0 spiro atoms. The molecule has 0 atom stereocenters. The van der Waals surface area contributed by atoms with E-state index in [2.05, 4.69) is 12.2 Å². The van der Waals surface area contributed by atoms with Crippen LogP contribution in [-0.2, 0) is 4.79 Å². The number of nitrogens with one attached hydrogen (secondary N) is 1. The summed E-state index contributed by atoms with van der Waals surface area (Å²) in [4.78, 5) is 12.0. The van der Waals surface area contributed by atoms with E-state index in [1.165, 1.54) is 25.7 Å². The predicted molar refractivity (Wildman–Crippen MR) is 106 cm³/mol. The lowest BCUT2D eigenvalue weighted by Gasteiger charge is -2.10. The highest BCUT2D eigenvalue weighted by molar-refractivity contribution is 6.30.